The van der Waals surface area contributed by atoms with Crippen LogP contribution in [0.3, 0.4) is 0 Å². The van der Waals surface area contributed by atoms with Gasteiger partial charge in [0.05, 0.1) is 0 Å². The van der Waals surface area contributed by atoms with Gasteiger partial charge in [-0.2, -0.15) is 0 Å². The molecule has 2 aromatic rings. The maximum atomic E-state index is 12.5. The van der Waals surface area contributed by atoms with Crippen LogP contribution in [0.15, 0.2) is 55.1 Å². The molecule has 0 N–H and O–H groups in total. The Bertz CT molecular complexity index is 774. The van der Waals surface area contributed by atoms with Crippen LogP contribution in [0.2, 0.25) is 0 Å². The molecule has 4 nitrogen and oxygen atoms in total. The Balaban J connectivity index is 1.68. The van der Waals surface area contributed by atoms with E-state index >= 15 is 0 Å². The average molecular weight is 320 g/mol. The van der Waals surface area contributed by atoms with Crippen molar-refractivity contribution in [3.63, 3.8) is 0 Å². The van der Waals surface area contributed by atoms with Crippen LogP contribution in [-0.4, -0.2) is 35.2 Å². The van der Waals surface area contributed by atoms with Crippen LogP contribution >= 0.6 is 0 Å². The number of benzene rings is 2. The lowest BCUT2D eigenvalue weighted by molar-refractivity contribution is -0.130. The third-order valence-electron chi connectivity index (χ3n) is 4.30. The van der Waals surface area contributed by atoms with Crippen molar-refractivity contribution >= 4 is 17.5 Å². The number of carbonyl (C=O) groups is 2. The van der Waals surface area contributed by atoms with Crippen LogP contribution in [0.4, 0.5) is 0 Å². The SMILES string of the molecule is C=C1c2ccccc2C(=O)N1CC(=O)N(C)Cc1ccc(C)cc1. The molecule has 0 atom stereocenters. The maximum absolute atomic E-state index is 12.5. The smallest absolute Gasteiger partial charge is 0.259 e. The normalized spacial score (nSPS) is 13.2. The number of aryl methyl sites for hydroxylation is 1. The van der Waals surface area contributed by atoms with Crippen molar-refractivity contribution in [1.29, 1.82) is 0 Å². The Labute approximate surface area is 142 Å². The van der Waals surface area contributed by atoms with Gasteiger partial charge in [-0.25, -0.2) is 0 Å². The average Bonchev–Trinajstić information content (AvgIpc) is 2.82. The van der Waals surface area contributed by atoms with Gasteiger partial charge in [0.15, 0.2) is 0 Å². The van der Waals surface area contributed by atoms with Crippen LogP contribution in [0.5, 0.6) is 0 Å². The molecule has 4 heteroatoms. The molecule has 3 rings (SSSR count). The van der Waals surface area contributed by atoms with Crippen molar-refractivity contribution in [2.45, 2.75) is 13.5 Å². The molecule has 1 aliphatic heterocycles. The highest BCUT2D eigenvalue weighted by Crippen LogP contribution is 2.30. The summed E-state index contributed by atoms with van der Waals surface area (Å²) < 4.78 is 0. The zero-order valence-electron chi connectivity index (χ0n) is 14.0. The quantitative estimate of drug-likeness (QED) is 0.868. The highest BCUT2D eigenvalue weighted by molar-refractivity contribution is 6.10. The maximum Gasteiger partial charge on any atom is 0.259 e. The minimum Gasteiger partial charge on any atom is -0.340 e. The number of hydrogen-bond acceptors (Lipinski definition) is 2. The standard InChI is InChI=1S/C20H20N2O2/c1-14-8-10-16(11-9-14)12-21(3)19(23)13-22-15(2)17-6-4-5-7-18(17)20(22)24/h4-11H,2,12-13H2,1,3H3. The van der Waals surface area contributed by atoms with Crippen LogP contribution in [-0.2, 0) is 11.3 Å². The van der Waals surface area contributed by atoms with Crippen LogP contribution in [0, 0.1) is 6.92 Å². The molecule has 0 fully saturated rings. The van der Waals surface area contributed by atoms with Gasteiger partial charge in [0.2, 0.25) is 5.91 Å². The van der Waals surface area contributed by atoms with Gasteiger partial charge in [0.25, 0.3) is 5.91 Å². The number of carbonyl (C=O) groups excluding carboxylic acids is 2. The van der Waals surface area contributed by atoms with Crippen molar-refractivity contribution in [3.8, 4) is 0 Å². The third-order valence-corrected chi connectivity index (χ3v) is 4.30. The van der Waals surface area contributed by atoms with Crippen LogP contribution < -0.4 is 0 Å². The topological polar surface area (TPSA) is 40.6 Å². The molecule has 24 heavy (non-hydrogen) atoms. The van der Waals surface area contributed by atoms with Crippen LogP contribution in [0.25, 0.3) is 5.70 Å². The first-order chi connectivity index (χ1) is 11.5. The molecule has 1 aliphatic rings. The lowest BCUT2D eigenvalue weighted by atomic mass is 10.1. The molecule has 0 aliphatic carbocycles. The lowest BCUT2D eigenvalue weighted by Crippen LogP contribution is -2.37. The van der Waals surface area contributed by atoms with Gasteiger partial charge in [-0.05, 0) is 18.6 Å². The molecule has 0 aromatic heterocycles. The van der Waals surface area contributed by atoms with Crippen molar-refractivity contribution < 1.29 is 9.59 Å². The Morgan fingerprint density at radius 2 is 1.71 bits per heavy atom. The van der Waals surface area contributed by atoms with E-state index in [1.54, 1.807) is 18.0 Å². The molecular weight excluding hydrogens is 300 g/mol. The summed E-state index contributed by atoms with van der Waals surface area (Å²) in [5.74, 6) is -0.273. The van der Waals surface area contributed by atoms with Crippen molar-refractivity contribution in [2.75, 3.05) is 13.6 Å². The van der Waals surface area contributed by atoms with Crippen LogP contribution in [0.1, 0.15) is 27.0 Å². The van der Waals surface area contributed by atoms with Gasteiger partial charge in [0.1, 0.15) is 6.54 Å². The van der Waals surface area contributed by atoms with Gasteiger partial charge in [-0.1, -0.05) is 54.6 Å². The highest BCUT2D eigenvalue weighted by Gasteiger charge is 2.32. The Kier molecular flexibility index (Phi) is 4.21. The first-order valence-electron chi connectivity index (χ1n) is 7.87. The number of rotatable bonds is 4. The first-order valence-corrected chi connectivity index (χ1v) is 7.87. The van der Waals surface area contributed by atoms with E-state index in [4.69, 9.17) is 0 Å². The molecule has 0 spiro atoms. The fourth-order valence-corrected chi connectivity index (χ4v) is 2.81. The minimum atomic E-state index is -0.160. The van der Waals surface area contributed by atoms with Crippen molar-refractivity contribution in [3.05, 3.63) is 77.4 Å². The van der Waals surface area contributed by atoms with Crippen molar-refractivity contribution in [2.24, 2.45) is 0 Å². The molecule has 2 aromatic carbocycles. The predicted molar refractivity (Wildman–Crippen MR) is 94.2 cm³/mol. The summed E-state index contributed by atoms with van der Waals surface area (Å²) in [7, 11) is 1.75. The summed E-state index contributed by atoms with van der Waals surface area (Å²) in [6.07, 6.45) is 0. The molecule has 0 bridgehead atoms. The molecule has 0 radical (unpaired) electrons. The second-order valence-electron chi connectivity index (χ2n) is 6.12. The first kappa shape index (κ1) is 16.0. The molecular formula is C20H20N2O2. The second kappa shape index (κ2) is 6.32. The molecule has 122 valence electrons. The molecule has 0 saturated heterocycles. The van der Waals surface area contributed by atoms with E-state index in [1.807, 2.05) is 49.4 Å². The number of likely N-dealkylation sites (N-methyl/N-ethyl adjacent to an activating group) is 1. The van der Waals surface area contributed by atoms with Gasteiger partial charge in [0, 0.05) is 30.4 Å². The number of amides is 2. The van der Waals surface area contributed by atoms with E-state index < -0.39 is 0 Å². The summed E-state index contributed by atoms with van der Waals surface area (Å²) in [6.45, 7) is 6.52. The van der Waals surface area contributed by atoms with Gasteiger partial charge in [-0.3, -0.25) is 14.5 Å². The summed E-state index contributed by atoms with van der Waals surface area (Å²) >= 11 is 0. The monoisotopic (exact) mass is 320 g/mol. The largest absolute Gasteiger partial charge is 0.340 e. The molecule has 0 saturated carbocycles. The van der Waals surface area contributed by atoms with E-state index in [-0.39, 0.29) is 18.4 Å². The predicted octanol–water partition coefficient (Wildman–Crippen LogP) is 3.08. The zero-order chi connectivity index (χ0) is 17.3. The van der Waals surface area contributed by atoms with E-state index in [2.05, 4.69) is 6.58 Å². The zero-order valence-corrected chi connectivity index (χ0v) is 14.0. The highest BCUT2D eigenvalue weighted by atomic mass is 16.2. The van der Waals surface area contributed by atoms with E-state index in [0.717, 1.165) is 11.1 Å². The third kappa shape index (κ3) is 2.95. The minimum absolute atomic E-state index is 0.00864. The number of nitrogens with zero attached hydrogens (tertiary/aromatic N) is 2. The van der Waals surface area contributed by atoms with Crippen molar-refractivity contribution in [1.82, 2.24) is 9.80 Å². The van der Waals surface area contributed by atoms with E-state index in [9.17, 15) is 9.59 Å². The van der Waals surface area contributed by atoms with E-state index in [0.29, 0.717) is 17.8 Å². The summed E-state index contributed by atoms with van der Waals surface area (Å²) in [6, 6.07) is 15.4. The molecule has 1 heterocycles. The summed E-state index contributed by atoms with van der Waals surface area (Å²) in [5.41, 5.74) is 4.25. The Morgan fingerprint density at radius 3 is 2.33 bits per heavy atom. The Hall–Kier alpha value is -2.88. The lowest BCUT2D eigenvalue weighted by Gasteiger charge is -2.22. The summed E-state index contributed by atoms with van der Waals surface area (Å²) in [5, 5.41) is 0. The number of fused-ring (bicyclic) bond motifs is 1. The Morgan fingerprint density at radius 1 is 1.08 bits per heavy atom. The summed E-state index contributed by atoms with van der Waals surface area (Å²) in [4.78, 5) is 28.0. The molecule has 0 unspecified atom stereocenters. The fourth-order valence-electron chi connectivity index (χ4n) is 2.81. The number of hydrogen-bond donors (Lipinski definition) is 0. The van der Waals surface area contributed by atoms with E-state index in [1.165, 1.54) is 10.5 Å². The molecule has 2 amide bonds. The van der Waals surface area contributed by atoms with Gasteiger partial charge in [-0.15, -0.1) is 0 Å². The fraction of sp³-hybridized carbons (Fsp3) is 0.200. The second-order valence-corrected chi connectivity index (χ2v) is 6.12. The van der Waals surface area contributed by atoms with Gasteiger partial charge >= 0.3 is 0 Å². The van der Waals surface area contributed by atoms with Gasteiger partial charge < -0.3 is 4.90 Å².